The van der Waals surface area contributed by atoms with Crippen LogP contribution in [0.3, 0.4) is 0 Å². The number of hydrogen-bond acceptors (Lipinski definition) is 1. The highest BCUT2D eigenvalue weighted by atomic mass is 32.1. The molecule has 2 heteroatoms. The molecule has 1 aromatic carbocycles. The van der Waals surface area contributed by atoms with Gasteiger partial charge in [-0.25, -0.2) is 0 Å². The van der Waals surface area contributed by atoms with Crippen LogP contribution in [0.5, 0.6) is 0 Å². The molecule has 0 radical (unpaired) electrons. The molecule has 0 unspecified atom stereocenters. The van der Waals surface area contributed by atoms with Crippen LogP contribution >= 0.6 is 11.3 Å². The Morgan fingerprint density at radius 1 is 1.00 bits per heavy atom. The van der Waals surface area contributed by atoms with Crippen LogP contribution in [0, 0.1) is 0 Å². The SMILES string of the molecule is C.CC[Si](CC)(CC)c1cc2ccccc2s1. The molecule has 94 valence electrons. The number of fused-ring (bicyclic) bond motifs is 1. The summed E-state index contributed by atoms with van der Waals surface area (Å²) in [4.78, 5) is 0. The first-order valence-electron chi connectivity index (χ1n) is 6.24. The van der Waals surface area contributed by atoms with E-state index >= 15 is 0 Å². The Morgan fingerprint density at radius 2 is 1.59 bits per heavy atom. The quantitative estimate of drug-likeness (QED) is 0.661. The van der Waals surface area contributed by atoms with Gasteiger partial charge in [-0.2, -0.15) is 0 Å². The summed E-state index contributed by atoms with van der Waals surface area (Å²) in [5, 5.41) is 1.44. The van der Waals surface area contributed by atoms with Gasteiger partial charge in [-0.1, -0.05) is 64.5 Å². The van der Waals surface area contributed by atoms with Crippen LogP contribution in [0.1, 0.15) is 28.2 Å². The minimum Gasteiger partial charge on any atom is -0.145 e. The average Bonchev–Trinajstić information content (AvgIpc) is 2.76. The maximum absolute atomic E-state index is 2.46. The van der Waals surface area contributed by atoms with Crippen LogP contribution in [-0.4, -0.2) is 8.07 Å². The summed E-state index contributed by atoms with van der Waals surface area (Å²) in [5.74, 6) is 0. The summed E-state index contributed by atoms with van der Waals surface area (Å²) in [7, 11) is -1.16. The lowest BCUT2D eigenvalue weighted by molar-refractivity contribution is 1.20. The van der Waals surface area contributed by atoms with Crippen LogP contribution in [-0.2, 0) is 0 Å². The standard InChI is InChI=1S/C14H20SSi.CH4/c1-4-16(5-2,6-3)14-11-12-9-7-8-10-13(12)15-14;/h7-11H,4-6H2,1-3H3;1H4. The molecule has 0 nitrogen and oxygen atoms in total. The van der Waals surface area contributed by atoms with E-state index in [2.05, 4.69) is 51.1 Å². The summed E-state index contributed by atoms with van der Waals surface area (Å²) >= 11 is 2.04. The first kappa shape index (κ1) is 14.5. The molecular weight excluding hydrogens is 240 g/mol. The zero-order chi connectivity index (χ0) is 11.6. The molecule has 1 aromatic heterocycles. The molecule has 17 heavy (non-hydrogen) atoms. The van der Waals surface area contributed by atoms with E-state index in [1.54, 1.807) is 4.50 Å². The van der Waals surface area contributed by atoms with Gasteiger partial charge in [0.05, 0.1) is 8.07 Å². The molecule has 0 atom stereocenters. The Labute approximate surface area is 111 Å². The molecule has 0 amide bonds. The summed E-state index contributed by atoms with van der Waals surface area (Å²) in [5.41, 5.74) is 0. The predicted octanol–water partition coefficient (Wildman–Crippen LogP) is 5.25. The normalized spacial score (nSPS) is 11.5. The molecule has 0 N–H and O–H groups in total. The van der Waals surface area contributed by atoms with Crippen molar-refractivity contribution >= 4 is 34.0 Å². The highest BCUT2D eigenvalue weighted by Gasteiger charge is 2.30. The second-order valence-corrected chi connectivity index (χ2v) is 11.2. The molecule has 2 aromatic rings. The van der Waals surface area contributed by atoms with Gasteiger partial charge in [-0.05, 0) is 22.0 Å². The Kier molecular flexibility index (Phi) is 4.96. The van der Waals surface area contributed by atoms with Gasteiger partial charge < -0.3 is 0 Å². The largest absolute Gasteiger partial charge is 0.145 e. The van der Waals surface area contributed by atoms with Crippen molar-refractivity contribution in [1.82, 2.24) is 0 Å². The monoisotopic (exact) mass is 264 g/mol. The van der Waals surface area contributed by atoms with E-state index in [1.165, 1.54) is 28.2 Å². The van der Waals surface area contributed by atoms with Gasteiger partial charge in [0.2, 0.25) is 0 Å². The lowest BCUT2D eigenvalue weighted by atomic mass is 10.3. The van der Waals surface area contributed by atoms with Gasteiger partial charge in [0.25, 0.3) is 0 Å². The van der Waals surface area contributed by atoms with Crippen LogP contribution in [0.15, 0.2) is 30.3 Å². The summed E-state index contributed by atoms with van der Waals surface area (Å²) in [6, 6.07) is 15.4. The van der Waals surface area contributed by atoms with E-state index in [4.69, 9.17) is 0 Å². The molecule has 0 bridgehead atoms. The van der Waals surface area contributed by atoms with Crippen molar-refractivity contribution in [3.05, 3.63) is 30.3 Å². The molecule has 0 aliphatic heterocycles. The van der Waals surface area contributed by atoms with Gasteiger partial charge in [0.1, 0.15) is 0 Å². The van der Waals surface area contributed by atoms with Crippen LogP contribution in [0.2, 0.25) is 18.1 Å². The lowest BCUT2D eigenvalue weighted by Gasteiger charge is -2.26. The minimum absolute atomic E-state index is 0. The third kappa shape index (κ3) is 2.48. The zero-order valence-corrected chi connectivity index (χ0v) is 12.2. The van der Waals surface area contributed by atoms with Gasteiger partial charge in [0, 0.05) is 4.70 Å². The Bertz CT molecular complexity index is 427. The maximum atomic E-state index is 2.46. The summed E-state index contributed by atoms with van der Waals surface area (Å²) in [6.07, 6.45) is 0. The van der Waals surface area contributed by atoms with E-state index in [1.807, 2.05) is 11.3 Å². The van der Waals surface area contributed by atoms with Crippen molar-refractivity contribution in [2.45, 2.75) is 46.3 Å². The van der Waals surface area contributed by atoms with E-state index in [-0.39, 0.29) is 7.43 Å². The van der Waals surface area contributed by atoms with E-state index in [0.717, 1.165) is 0 Å². The van der Waals surface area contributed by atoms with Crippen molar-refractivity contribution < 1.29 is 0 Å². The molecule has 1 heterocycles. The fourth-order valence-electron chi connectivity index (χ4n) is 2.52. The Balaban J connectivity index is 0.00000144. The Morgan fingerprint density at radius 3 is 2.12 bits per heavy atom. The predicted molar refractivity (Wildman–Crippen MR) is 85.4 cm³/mol. The summed E-state index contributed by atoms with van der Waals surface area (Å²) in [6.45, 7) is 7.14. The first-order valence-corrected chi connectivity index (χ1v) is 9.68. The first-order chi connectivity index (χ1) is 7.75. The highest BCUT2D eigenvalue weighted by molar-refractivity contribution is 7.31. The number of rotatable bonds is 4. The van der Waals surface area contributed by atoms with Crippen molar-refractivity contribution in [3.63, 3.8) is 0 Å². The number of hydrogen-bond donors (Lipinski definition) is 0. The molecule has 0 spiro atoms. The summed E-state index contributed by atoms with van der Waals surface area (Å²) < 4.78 is 3.17. The fourth-order valence-corrected chi connectivity index (χ4v) is 8.83. The van der Waals surface area contributed by atoms with Crippen molar-refractivity contribution in [2.24, 2.45) is 0 Å². The van der Waals surface area contributed by atoms with Crippen molar-refractivity contribution in [2.75, 3.05) is 0 Å². The number of benzene rings is 1. The topological polar surface area (TPSA) is 0 Å². The van der Waals surface area contributed by atoms with E-state index in [9.17, 15) is 0 Å². The minimum atomic E-state index is -1.16. The second-order valence-electron chi connectivity index (χ2n) is 4.49. The average molecular weight is 265 g/mol. The molecule has 0 aliphatic carbocycles. The molecular formula is C15H24SSi. The highest BCUT2D eigenvalue weighted by Crippen LogP contribution is 2.27. The number of thiophene rings is 1. The molecule has 0 fully saturated rings. The smallest absolute Gasteiger partial charge is 0.0987 e. The van der Waals surface area contributed by atoms with Crippen LogP contribution < -0.4 is 4.50 Å². The fraction of sp³-hybridized carbons (Fsp3) is 0.467. The van der Waals surface area contributed by atoms with E-state index in [0.29, 0.717) is 0 Å². The van der Waals surface area contributed by atoms with Crippen LogP contribution in [0.25, 0.3) is 10.1 Å². The van der Waals surface area contributed by atoms with Gasteiger partial charge in [-0.15, -0.1) is 11.3 Å². The van der Waals surface area contributed by atoms with Gasteiger partial charge in [-0.3, -0.25) is 0 Å². The third-order valence-electron chi connectivity index (χ3n) is 3.98. The molecule has 0 saturated heterocycles. The Hall–Kier alpha value is -0.603. The molecule has 0 aliphatic rings. The molecule has 0 saturated carbocycles. The van der Waals surface area contributed by atoms with E-state index < -0.39 is 8.07 Å². The van der Waals surface area contributed by atoms with Gasteiger partial charge >= 0.3 is 0 Å². The zero-order valence-electron chi connectivity index (χ0n) is 10.4. The lowest BCUT2D eigenvalue weighted by Crippen LogP contribution is -2.43. The second kappa shape index (κ2) is 5.83. The van der Waals surface area contributed by atoms with Gasteiger partial charge in [0.15, 0.2) is 0 Å². The van der Waals surface area contributed by atoms with Crippen LogP contribution in [0.4, 0.5) is 0 Å². The van der Waals surface area contributed by atoms with Crippen molar-refractivity contribution in [3.8, 4) is 0 Å². The third-order valence-corrected chi connectivity index (χ3v) is 11.8. The maximum Gasteiger partial charge on any atom is 0.0987 e. The molecule has 2 rings (SSSR count). The van der Waals surface area contributed by atoms with Crippen molar-refractivity contribution in [1.29, 1.82) is 0 Å².